The number of amides is 2. The molecular weight excluding hydrogens is 526 g/mol. The maximum Gasteiger partial charge on any atom is 0.264 e. The van der Waals surface area contributed by atoms with Gasteiger partial charge in [0.15, 0.2) is 0 Å². The number of rotatable bonds is 13. The van der Waals surface area contributed by atoms with Gasteiger partial charge in [-0.25, -0.2) is 8.42 Å². The third kappa shape index (κ3) is 7.85. The Labute approximate surface area is 238 Å². The van der Waals surface area contributed by atoms with Crippen molar-refractivity contribution < 1.29 is 22.7 Å². The van der Waals surface area contributed by atoms with Crippen molar-refractivity contribution in [2.45, 2.75) is 58.0 Å². The quantitative estimate of drug-likeness (QED) is 0.299. The highest BCUT2D eigenvalue weighted by molar-refractivity contribution is 7.92. The molecule has 0 aliphatic rings. The van der Waals surface area contributed by atoms with Gasteiger partial charge in [0, 0.05) is 13.1 Å². The van der Waals surface area contributed by atoms with E-state index in [0.717, 1.165) is 33.8 Å². The molecule has 0 saturated carbocycles. The fourth-order valence-corrected chi connectivity index (χ4v) is 5.60. The van der Waals surface area contributed by atoms with E-state index in [9.17, 15) is 18.0 Å². The molecular formula is C31H39N3O5S. The Kier molecular flexibility index (Phi) is 10.7. The Bertz CT molecular complexity index is 1390. The van der Waals surface area contributed by atoms with Crippen LogP contribution in [0.1, 0.15) is 43.4 Å². The van der Waals surface area contributed by atoms with Gasteiger partial charge in [-0.3, -0.25) is 13.9 Å². The van der Waals surface area contributed by atoms with Crippen LogP contribution < -0.4 is 14.4 Å². The number of nitrogens with one attached hydrogen (secondary N) is 1. The lowest BCUT2D eigenvalue weighted by molar-refractivity contribution is -0.139. The molecule has 0 spiro atoms. The molecule has 0 radical (unpaired) electrons. The summed E-state index contributed by atoms with van der Waals surface area (Å²) in [5.41, 5.74) is 2.93. The van der Waals surface area contributed by atoms with Crippen molar-refractivity contribution in [3.63, 3.8) is 0 Å². The van der Waals surface area contributed by atoms with Gasteiger partial charge in [-0.15, -0.1) is 0 Å². The highest BCUT2D eigenvalue weighted by Crippen LogP contribution is 2.26. The summed E-state index contributed by atoms with van der Waals surface area (Å²) in [5, 5.41) is 2.89. The zero-order valence-corrected chi connectivity index (χ0v) is 24.7. The van der Waals surface area contributed by atoms with E-state index in [1.807, 2.05) is 39.0 Å². The summed E-state index contributed by atoms with van der Waals surface area (Å²) in [6.45, 7) is 7.59. The molecule has 0 heterocycles. The van der Waals surface area contributed by atoms with Crippen molar-refractivity contribution in [1.29, 1.82) is 0 Å². The number of carbonyl (C=O) groups is 2. The largest absolute Gasteiger partial charge is 0.497 e. The molecule has 0 aliphatic carbocycles. The summed E-state index contributed by atoms with van der Waals surface area (Å²) in [6.07, 6.45) is 1.74. The van der Waals surface area contributed by atoms with E-state index in [4.69, 9.17) is 4.74 Å². The van der Waals surface area contributed by atoms with Crippen molar-refractivity contribution in [2.24, 2.45) is 0 Å². The molecule has 40 heavy (non-hydrogen) atoms. The molecule has 3 rings (SSSR count). The molecule has 2 amide bonds. The first-order chi connectivity index (χ1) is 19.1. The second-order valence-electron chi connectivity index (χ2n) is 9.85. The molecule has 1 N–H and O–H groups in total. The number of hydrogen-bond acceptors (Lipinski definition) is 5. The number of benzene rings is 3. The van der Waals surface area contributed by atoms with Gasteiger partial charge < -0.3 is 15.0 Å². The van der Waals surface area contributed by atoms with Crippen LogP contribution >= 0.6 is 0 Å². The maximum absolute atomic E-state index is 14.0. The lowest BCUT2D eigenvalue weighted by Gasteiger charge is -2.32. The SMILES string of the molecule is CCCCNC(=O)[C@@H](C)N(Cc1ccc(OC)cc1)C(=O)CN(c1cccc(C)c1)S(=O)(=O)c1ccc(C)cc1. The van der Waals surface area contributed by atoms with Crippen LogP contribution in [0.5, 0.6) is 5.75 Å². The van der Waals surface area contributed by atoms with Gasteiger partial charge in [0.25, 0.3) is 10.0 Å². The van der Waals surface area contributed by atoms with Crippen LogP contribution in [0.2, 0.25) is 0 Å². The normalized spacial score (nSPS) is 11.9. The van der Waals surface area contributed by atoms with E-state index in [2.05, 4.69) is 5.32 Å². The number of nitrogens with zero attached hydrogens (tertiary/aromatic N) is 2. The molecule has 214 valence electrons. The molecule has 9 heteroatoms. The number of anilines is 1. The smallest absolute Gasteiger partial charge is 0.264 e. The lowest BCUT2D eigenvalue weighted by atomic mass is 10.1. The van der Waals surface area contributed by atoms with E-state index in [1.54, 1.807) is 56.5 Å². The first-order valence-electron chi connectivity index (χ1n) is 13.4. The van der Waals surface area contributed by atoms with Gasteiger partial charge >= 0.3 is 0 Å². The fourth-order valence-electron chi connectivity index (χ4n) is 4.20. The van der Waals surface area contributed by atoms with Crippen LogP contribution in [0.15, 0.2) is 77.7 Å². The maximum atomic E-state index is 14.0. The molecule has 0 fully saturated rings. The van der Waals surface area contributed by atoms with Gasteiger partial charge in [-0.05, 0) is 74.7 Å². The average molecular weight is 566 g/mol. The second-order valence-corrected chi connectivity index (χ2v) is 11.7. The van der Waals surface area contributed by atoms with Crippen LogP contribution in [-0.2, 0) is 26.2 Å². The van der Waals surface area contributed by atoms with Gasteiger partial charge in [-0.1, -0.05) is 55.3 Å². The standard InChI is InChI=1S/C31H39N3O5S/c1-6-7-19-32-31(36)25(4)33(21-26-13-15-28(39-5)16-14-26)30(35)22-34(27-10-8-9-24(3)20-27)40(37,38)29-17-11-23(2)12-18-29/h8-18,20,25H,6-7,19,21-22H2,1-5H3,(H,32,36)/t25-/m1/s1. The first-order valence-corrected chi connectivity index (χ1v) is 14.9. The molecule has 0 aromatic heterocycles. The van der Waals surface area contributed by atoms with Crippen LogP contribution in [0.25, 0.3) is 0 Å². The van der Waals surface area contributed by atoms with Gasteiger partial charge in [0.2, 0.25) is 11.8 Å². The van der Waals surface area contributed by atoms with Crippen LogP contribution in [0.3, 0.4) is 0 Å². The molecule has 3 aromatic rings. The summed E-state index contributed by atoms with van der Waals surface area (Å²) in [6, 6.07) is 19.9. The summed E-state index contributed by atoms with van der Waals surface area (Å²) in [4.78, 5) is 28.5. The third-order valence-electron chi connectivity index (χ3n) is 6.69. The summed E-state index contributed by atoms with van der Waals surface area (Å²) < 4.78 is 34.1. The summed E-state index contributed by atoms with van der Waals surface area (Å²) in [7, 11) is -2.52. The predicted octanol–water partition coefficient (Wildman–Crippen LogP) is 4.84. The zero-order valence-electron chi connectivity index (χ0n) is 23.9. The Morgan fingerprint density at radius 3 is 2.23 bits per heavy atom. The topological polar surface area (TPSA) is 96.0 Å². The lowest BCUT2D eigenvalue weighted by Crippen LogP contribution is -2.51. The van der Waals surface area contributed by atoms with Crippen LogP contribution in [-0.4, -0.2) is 51.4 Å². The van der Waals surface area contributed by atoms with Crippen molar-refractivity contribution >= 4 is 27.5 Å². The van der Waals surface area contributed by atoms with E-state index < -0.39 is 28.5 Å². The number of carbonyl (C=O) groups excluding carboxylic acids is 2. The highest BCUT2D eigenvalue weighted by atomic mass is 32.2. The number of hydrogen-bond donors (Lipinski definition) is 1. The minimum Gasteiger partial charge on any atom is -0.497 e. The second kappa shape index (κ2) is 14.0. The van der Waals surface area contributed by atoms with Crippen molar-refractivity contribution in [3.8, 4) is 5.75 Å². The highest BCUT2D eigenvalue weighted by Gasteiger charge is 2.32. The Morgan fingerprint density at radius 2 is 1.62 bits per heavy atom. The Balaban J connectivity index is 1.99. The molecule has 1 atom stereocenters. The first kappa shape index (κ1) is 30.7. The number of sulfonamides is 1. The molecule has 8 nitrogen and oxygen atoms in total. The molecule has 0 saturated heterocycles. The van der Waals surface area contributed by atoms with Gasteiger partial charge in [0.1, 0.15) is 18.3 Å². The third-order valence-corrected chi connectivity index (χ3v) is 8.47. The van der Waals surface area contributed by atoms with E-state index >= 15 is 0 Å². The number of unbranched alkanes of at least 4 members (excludes halogenated alkanes) is 1. The Morgan fingerprint density at radius 1 is 0.950 bits per heavy atom. The monoisotopic (exact) mass is 565 g/mol. The van der Waals surface area contributed by atoms with E-state index in [-0.39, 0.29) is 17.3 Å². The predicted molar refractivity (Wildman–Crippen MR) is 158 cm³/mol. The van der Waals surface area contributed by atoms with Gasteiger partial charge in [-0.2, -0.15) is 0 Å². The van der Waals surface area contributed by atoms with Crippen LogP contribution in [0, 0.1) is 13.8 Å². The van der Waals surface area contributed by atoms with Crippen molar-refractivity contribution in [3.05, 3.63) is 89.5 Å². The van der Waals surface area contributed by atoms with Gasteiger partial charge in [0.05, 0.1) is 17.7 Å². The summed E-state index contributed by atoms with van der Waals surface area (Å²) in [5.74, 6) is -0.119. The van der Waals surface area contributed by atoms with E-state index in [0.29, 0.717) is 18.0 Å². The van der Waals surface area contributed by atoms with E-state index in [1.165, 1.54) is 17.0 Å². The van der Waals surface area contributed by atoms with Crippen LogP contribution in [0.4, 0.5) is 5.69 Å². The fraction of sp³-hybridized carbons (Fsp3) is 0.355. The average Bonchev–Trinajstić information content (AvgIpc) is 2.94. The molecule has 0 unspecified atom stereocenters. The van der Waals surface area contributed by atoms with Crippen molar-refractivity contribution in [2.75, 3.05) is 24.5 Å². The minimum atomic E-state index is -4.09. The number of ether oxygens (including phenoxy) is 1. The summed E-state index contributed by atoms with van der Waals surface area (Å²) >= 11 is 0. The zero-order chi connectivity index (χ0) is 29.3. The minimum absolute atomic E-state index is 0.0828. The van der Waals surface area contributed by atoms with Crippen molar-refractivity contribution in [1.82, 2.24) is 10.2 Å². The molecule has 0 aliphatic heterocycles. The Hall–Kier alpha value is -3.85. The molecule has 0 bridgehead atoms. The number of methoxy groups -OCH3 is 1. The molecule has 3 aromatic carbocycles. The number of aryl methyl sites for hydroxylation is 2.